The van der Waals surface area contributed by atoms with Gasteiger partial charge in [0.2, 0.25) is 5.91 Å². The third kappa shape index (κ3) is 7.35. The lowest BCUT2D eigenvalue weighted by Crippen LogP contribution is -2.64. The number of carbonyl (C=O) groups is 3. The Labute approximate surface area is 221 Å². The van der Waals surface area contributed by atoms with Gasteiger partial charge >= 0.3 is 5.69 Å². The summed E-state index contributed by atoms with van der Waals surface area (Å²) in [6.45, 7) is -0.345. The fourth-order valence-corrected chi connectivity index (χ4v) is 5.65. The number of ether oxygens (including phenoxy) is 2. The second-order valence-corrected chi connectivity index (χ2v) is 11.1. The Balaban J connectivity index is 1.68. The molecule has 1 aromatic rings. The molecule has 2 aliphatic heterocycles. The van der Waals surface area contributed by atoms with Crippen molar-refractivity contribution in [3.63, 3.8) is 0 Å². The topological polar surface area (TPSA) is 328 Å². The summed E-state index contributed by atoms with van der Waals surface area (Å²) >= 11 is 0. The van der Waals surface area contributed by atoms with E-state index in [1.54, 1.807) is 0 Å². The second kappa shape index (κ2) is 12.1. The average molecular weight is 616 g/mol. The molecule has 1 amide bonds. The summed E-state index contributed by atoms with van der Waals surface area (Å²) in [4.78, 5) is 84.1. The number of Topliss-reactive ketones (excluding diaryl/α,β-unsaturated/α-hetero) is 1. The number of aliphatic hydroxyl groups is 3. The van der Waals surface area contributed by atoms with E-state index in [9.17, 15) is 63.3 Å². The van der Waals surface area contributed by atoms with E-state index >= 15 is 0 Å². The zero-order chi connectivity index (χ0) is 30.2. The van der Waals surface area contributed by atoms with Gasteiger partial charge in [-0.05, 0) is 0 Å². The first kappa shape index (κ1) is 31.9. The number of phosphoric acid groups is 2. The number of carboxylic acid groups (broad SMARTS) is 1. The fraction of sp³-hybridized carbons (Fsp3) is 0.588. The van der Waals surface area contributed by atoms with Crippen molar-refractivity contribution in [3.8, 4) is 0 Å². The van der Waals surface area contributed by atoms with Gasteiger partial charge in [-0.3, -0.25) is 37.6 Å². The molecule has 2 unspecified atom stereocenters. The number of nitrogens with one attached hydrogen (secondary N) is 2. The first-order valence-electron chi connectivity index (χ1n) is 10.8. The summed E-state index contributed by atoms with van der Waals surface area (Å²) in [6.07, 6.45) is -13.6. The van der Waals surface area contributed by atoms with Crippen LogP contribution in [0.25, 0.3) is 0 Å². The molecule has 2 aliphatic rings. The number of ketones is 1. The molecule has 5 N–H and O–H groups in total. The summed E-state index contributed by atoms with van der Waals surface area (Å²) in [7, 11) is -12.1. The molecule has 3 heterocycles. The first-order valence-corrected chi connectivity index (χ1v) is 13.7. The van der Waals surface area contributed by atoms with Crippen molar-refractivity contribution in [2.45, 2.75) is 56.0 Å². The lowest BCUT2D eigenvalue weighted by molar-refractivity contribution is -0.331. The van der Waals surface area contributed by atoms with Crippen LogP contribution in [0.2, 0.25) is 0 Å². The molecule has 23 heteroatoms. The first-order chi connectivity index (χ1) is 18.4. The monoisotopic (exact) mass is 616 g/mol. The van der Waals surface area contributed by atoms with Crippen LogP contribution in [-0.4, -0.2) is 92.0 Å². The van der Waals surface area contributed by atoms with Gasteiger partial charge in [0.05, 0.1) is 12.6 Å². The number of amides is 1. The van der Waals surface area contributed by atoms with Gasteiger partial charge < -0.3 is 54.3 Å². The van der Waals surface area contributed by atoms with Gasteiger partial charge in [0.1, 0.15) is 36.6 Å². The minimum Gasteiger partial charge on any atom is -0.756 e. The molecular formula is C17H20N3O18P2-3. The van der Waals surface area contributed by atoms with Crippen LogP contribution in [0.1, 0.15) is 13.2 Å². The Kier molecular flexibility index (Phi) is 9.62. The maximum absolute atomic E-state index is 12.2. The number of phosphoric ester groups is 2. The minimum atomic E-state index is -6.13. The highest BCUT2D eigenvalue weighted by Gasteiger charge is 2.48. The highest BCUT2D eigenvalue weighted by atomic mass is 31.3. The molecule has 0 saturated carbocycles. The maximum atomic E-state index is 12.2. The quantitative estimate of drug-likeness (QED) is 0.152. The van der Waals surface area contributed by atoms with Crippen LogP contribution in [0.5, 0.6) is 0 Å². The number of aliphatic hydroxyl groups excluding tert-OH is 3. The van der Waals surface area contributed by atoms with Crippen molar-refractivity contribution in [2.75, 3.05) is 6.61 Å². The predicted molar refractivity (Wildman–Crippen MR) is 113 cm³/mol. The molecule has 10 atom stereocenters. The van der Waals surface area contributed by atoms with E-state index in [1.807, 2.05) is 10.3 Å². The molecule has 40 heavy (non-hydrogen) atoms. The zero-order valence-electron chi connectivity index (χ0n) is 19.8. The molecule has 2 fully saturated rings. The largest absolute Gasteiger partial charge is 0.756 e. The summed E-state index contributed by atoms with van der Waals surface area (Å²) in [5.41, 5.74) is -1.84. The summed E-state index contributed by atoms with van der Waals surface area (Å²) in [5, 5.41) is 43.0. The molecular weight excluding hydrogens is 596 g/mol. The highest BCUT2D eigenvalue weighted by molar-refractivity contribution is 7.59. The molecule has 0 bridgehead atoms. The molecule has 2 saturated heterocycles. The van der Waals surface area contributed by atoms with E-state index in [-0.39, 0.29) is 0 Å². The van der Waals surface area contributed by atoms with E-state index in [1.165, 1.54) is 0 Å². The molecule has 0 radical (unpaired) electrons. The van der Waals surface area contributed by atoms with Crippen molar-refractivity contribution >= 4 is 33.3 Å². The van der Waals surface area contributed by atoms with Gasteiger partial charge in [-0.1, -0.05) is 0 Å². The lowest BCUT2D eigenvalue weighted by atomic mass is 9.98. The Morgan fingerprint density at radius 2 is 1.77 bits per heavy atom. The van der Waals surface area contributed by atoms with Crippen LogP contribution in [-0.2, 0) is 46.3 Å². The minimum absolute atomic E-state index is 0.663. The van der Waals surface area contributed by atoms with Crippen molar-refractivity contribution < 1.29 is 76.6 Å². The molecule has 1 aromatic heterocycles. The Morgan fingerprint density at radius 3 is 2.35 bits per heavy atom. The second-order valence-electron chi connectivity index (χ2n) is 8.21. The van der Waals surface area contributed by atoms with Gasteiger partial charge in [0, 0.05) is 19.2 Å². The van der Waals surface area contributed by atoms with Crippen LogP contribution in [0.15, 0.2) is 21.9 Å². The van der Waals surface area contributed by atoms with E-state index < -0.39 is 100 Å². The van der Waals surface area contributed by atoms with E-state index in [4.69, 9.17) is 4.74 Å². The van der Waals surface area contributed by atoms with Crippen LogP contribution in [0.4, 0.5) is 0 Å². The third-order valence-corrected chi connectivity index (χ3v) is 7.85. The number of aliphatic carboxylic acids is 1. The predicted octanol–water partition coefficient (Wildman–Crippen LogP) is -6.95. The van der Waals surface area contributed by atoms with E-state index in [0.29, 0.717) is 4.57 Å². The highest BCUT2D eigenvalue weighted by Crippen LogP contribution is 2.56. The number of nitrogens with zero attached hydrogens (tertiary/aromatic N) is 1. The fourth-order valence-electron chi connectivity index (χ4n) is 3.57. The third-order valence-electron chi connectivity index (χ3n) is 5.32. The number of hydrogen-bond acceptors (Lipinski definition) is 18. The number of hydrogen-bond donors (Lipinski definition) is 5. The number of H-pyrrole nitrogens is 1. The van der Waals surface area contributed by atoms with Crippen LogP contribution < -0.4 is 31.5 Å². The van der Waals surface area contributed by atoms with Crippen LogP contribution >= 0.6 is 15.6 Å². The molecule has 0 aromatic carbocycles. The zero-order valence-corrected chi connectivity index (χ0v) is 21.6. The Bertz CT molecular complexity index is 1360. The van der Waals surface area contributed by atoms with Gasteiger partial charge in [-0.15, -0.1) is 0 Å². The van der Waals surface area contributed by atoms with Crippen LogP contribution in [0.3, 0.4) is 0 Å². The van der Waals surface area contributed by atoms with Gasteiger partial charge in [-0.25, -0.2) is 9.11 Å². The molecule has 3 rings (SSSR count). The number of carbonyl (C=O) groups excluding carboxylic acids is 3. The summed E-state index contributed by atoms with van der Waals surface area (Å²) in [6, 6.07) is -1.26. The summed E-state index contributed by atoms with van der Waals surface area (Å²) < 4.78 is 47.4. The van der Waals surface area contributed by atoms with Crippen molar-refractivity contribution in [1.29, 1.82) is 0 Å². The van der Waals surface area contributed by atoms with Crippen LogP contribution in [0, 0.1) is 0 Å². The normalized spacial score (nSPS) is 33.6. The van der Waals surface area contributed by atoms with Gasteiger partial charge in [0.25, 0.3) is 21.2 Å². The van der Waals surface area contributed by atoms with E-state index in [2.05, 4.69) is 18.1 Å². The Morgan fingerprint density at radius 1 is 1.12 bits per heavy atom. The van der Waals surface area contributed by atoms with Crippen molar-refractivity contribution in [1.82, 2.24) is 14.9 Å². The van der Waals surface area contributed by atoms with Crippen molar-refractivity contribution in [2.24, 2.45) is 0 Å². The molecule has 224 valence electrons. The molecule has 0 spiro atoms. The SMILES string of the molecule is CC(=O)N[C@@H]1C(=O)[C@H](O)[C@@H](C(=O)[O-])O[C@@H]1OP(=O)([O-])OP(=O)([O-])OC[C@H]1O[C@@H](n2ccc(=O)[nH]c2=O)[C@H](O)[C@@H]1O. The standard InChI is InChI=1S/C17H23N3O18P2/c1-5(21)18-8-10(24)11(25)13(15(27)28)36-16(8)37-40(32,33)38-39(30,31)34-4-6-9(23)12(26)14(35-6)20-3-2-7(22)19-17(20)29/h2-3,6,8-9,11-14,16,23,25-26H,4H2,1H3,(H,18,21)(H,27,28)(H,30,31)(H,32,33)(H,19,22,29)/p-3/t6-,8-,9-,11+,12-,13+,14-,16-/m1/s1. The molecule has 0 aliphatic carbocycles. The average Bonchev–Trinajstić information content (AvgIpc) is 3.09. The van der Waals surface area contributed by atoms with Crippen molar-refractivity contribution in [3.05, 3.63) is 33.1 Å². The van der Waals surface area contributed by atoms with E-state index in [0.717, 1.165) is 19.2 Å². The van der Waals surface area contributed by atoms with Gasteiger partial charge in [-0.2, -0.15) is 0 Å². The summed E-state index contributed by atoms with van der Waals surface area (Å²) in [5.74, 6) is -4.66. The smallest absolute Gasteiger partial charge is 0.330 e. The Hall–Kier alpha value is -2.65. The number of carboxylic acids is 1. The number of aromatic nitrogens is 2. The number of aromatic amines is 1. The van der Waals surface area contributed by atoms with Gasteiger partial charge in [0.15, 0.2) is 18.3 Å². The molecule has 21 nitrogen and oxygen atoms in total. The number of rotatable bonds is 10. The maximum Gasteiger partial charge on any atom is 0.330 e. The lowest BCUT2D eigenvalue weighted by Gasteiger charge is -2.41.